The SMILES string of the molecule is CC(=O)N1CC2(CCN(CCC(CN(C)C(=O)c3ccc(F)c(C(F)(F)F)c3)c3ccc(Cl)c(Cl)c3)CC2)c2ccccc21. The normalized spacial score (nSPS) is 17.0. The number of benzene rings is 3. The number of halogens is 6. The lowest BCUT2D eigenvalue weighted by molar-refractivity contribution is -0.140. The van der Waals surface area contributed by atoms with Crippen LogP contribution in [-0.4, -0.2) is 61.4 Å². The number of nitrogens with zero attached hydrogens (tertiary/aromatic N) is 3. The molecule has 3 aromatic rings. The fraction of sp³-hybridized carbons (Fsp3) is 0.394. The highest BCUT2D eigenvalue weighted by molar-refractivity contribution is 6.42. The molecule has 2 aliphatic rings. The summed E-state index contributed by atoms with van der Waals surface area (Å²) in [4.78, 5) is 31.2. The summed E-state index contributed by atoms with van der Waals surface area (Å²) in [6.07, 6.45) is -2.47. The van der Waals surface area contributed by atoms with Crippen molar-refractivity contribution < 1.29 is 27.2 Å². The Morgan fingerprint density at radius 3 is 2.36 bits per heavy atom. The third-order valence-electron chi connectivity index (χ3n) is 8.99. The summed E-state index contributed by atoms with van der Waals surface area (Å²) in [6.45, 7) is 4.86. The van der Waals surface area contributed by atoms with E-state index in [2.05, 4.69) is 11.0 Å². The Balaban J connectivity index is 1.29. The predicted molar refractivity (Wildman–Crippen MR) is 164 cm³/mol. The fourth-order valence-corrected chi connectivity index (χ4v) is 6.83. The minimum Gasteiger partial charge on any atom is -0.341 e. The van der Waals surface area contributed by atoms with Gasteiger partial charge in [0.05, 0.1) is 15.6 Å². The van der Waals surface area contributed by atoms with Gasteiger partial charge in [-0.1, -0.05) is 47.5 Å². The van der Waals surface area contributed by atoms with E-state index in [9.17, 15) is 27.2 Å². The van der Waals surface area contributed by atoms with Gasteiger partial charge in [0.1, 0.15) is 5.82 Å². The first kappa shape index (κ1) is 32.3. The molecule has 0 saturated carbocycles. The summed E-state index contributed by atoms with van der Waals surface area (Å²) in [5.41, 5.74) is 1.26. The molecule has 2 heterocycles. The quantitative estimate of drug-likeness (QED) is 0.245. The molecule has 0 aromatic heterocycles. The van der Waals surface area contributed by atoms with Crippen LogP contribution < -0.4 is 4.90 Å². The topological polar surface area (TPSA) is 43.9 Å². The second-order valence-corrected chi connectivity index (χ2v) is 12.6. The molecule has 1 atom stereocenters. The zero-order chi connectivity index (χ0) is 31.8. The summed E-state index contributed by atoms with van der Waals surface area (Å²) >= 11 is 12.5. The number of rotatable bonds is 7. The largest absolute Gasteiger partial charge is 0.419 e. The average molecular weight is 651 g/mol. The van der Waals surface area contributed by atoms with E-state index in [1.807, 2.05) is 29.2 Å². The van der Waals surface area contributed by atoms with Gasteiger partial charge in [-0.25, -0.2) is 4.39 Å². The van der Waals surface area contributed by atoms with Gasteiger partial charge in [0, 0.05) is 49.6 Å². The lowest BCUT2D eigenvalue weighted by Crippen LogP contribution is -2.46. The molecule has 2 amide bonds. The monoisotopic (exact) mass is 649 g/mol. The van der Waals surface area contributed by atoms with E-state index >= 15 is 0 Å². The number of hydrogen-bond donors (Lipinski definition) is 0. The van der Waals surface area contributed by atoms with Crippen LogP contribution in [0.4, 0.5) is 23.2 Å². The maximum Gasteiger partial charge on any atom is 0.419 e. The number of likely N-dealkylation sites (N-methyl/N-ethyl adjacent to an activating group) is 1. The second kappa shape index (κ2) is 12.7. The number of fused-ring (bicyclic) bond motifs is 2. The van der Waals surface area contributed by atoms with Crippen LogP contribution in [0.15, 0.2) is 60.7 Å². The molecule has 234 valence electrons. The molecular weight excluding hydrogens is 617 g/mol. The highest BCUT2D eigenvalue weighted by atomic mass is 35.5. The Morgan fingerprint density at radius 1 is 1.00 bits per heavy atom. The minimum atomic E-state index is -4.92. The van der Waals surface area contributed by atoms with Crippen molar-refractivity contribution in [2.24, 2.45) is 0 Å². The Morgan fingerprint density at radius 2 is 1.70 bits per heavy atom. The molecule has 44 heavy (non-hydrogen) atoms. The highest BCUT2D eigenvalue weighted by Crippen LogP contribution is 2.47. The van der Waals surface area contributed by atoms with Gasteiger partial charge in [-0.2, -0.15) is 13.2 Å². The smallest absolute Gasteiger partial charge is 0.341 e. The molecule has 11 heteroatoms. The van der Waals surface area contributed by atoms with Crippen molar-refractivity contribution in [1.29, 1.82) is 0 Å². The van der Waals surface area contributed by atoms with Gasteiger partial charge >= 0.3 is 6.18 Å². The molecule has 1 spiro atoms. The fourth-order valence-electron chi connectivity index (χ4n) is 6.52. The zero-order valence-electron chi connectivity index (χ0n) is 24.4. The number of amides is 2. The summed E-state index contributed by atoms with van der Waals surface area (Å²) < 4.78 is 53.7. The Hall–Kier alpha value is -3.14. The van der Waals surface area contributed by atoms with Gasteiger partial charge in [-0.15, -0.1) is 0 Å². The van der Waals surface area contributed by atoms with Crippen molar-refractivity contribution in [1.82, 2.24) is 9.80 Å². The first-order valence-corrected chi connectivity index (χ1v) is 15.2. The first-order chi connectivity index (χ1) is 20.8. The van der Waals surface area contributed by atoms with Crippen molar-refractivity contribution in [2.75, 3.05) is 44.7 Å². The predicted octanol–water partition coefficient (Wildman–Crippen LogP) is 7.80. The lowest BCUT2D eigenvalue weighted by atomic mass is 9.74. The van der Waals surface area contributed by atoms with Crippen molar-refractivity contribution in [3.05, 3.63) is 98.8 Å². The molecule has 0 radical (unpaired) electrons. The van der Waals surface area contributed by atoms with E-state index in [1.165, 1.54) is 17.5 Å². The first-order valence-electron chi connectivity index (χ1n) is 14.5. The van der Waals surface area contributed by atoms with E-state index in [0.29, 0.717) is 35.1 Å². The molecule has 0 aliphatic carbocycles. The summed E-state index contributed by atoms with van der Waals surface area (Å²) in [5.74, 6) is -2.23. The molecule has 1 saturated heterocycles. The number of alkyl halides is 3. The number of likely N-dealkylation sites (tertiary alicyclic amines) is 1. The summed E-state index contributed by atoms with van der Waals surface area (Å²) in [5, 5.41) is 0.758. The van der Waals surface area contributed by atoms with Crippen molar-refractivity contribution in [3.8, 4) is 0 Å². The average Bonchev–Trinajstić information content (AvgIpc) is 3.31. The van der Waals surface area contributed by atoms with Gasteiger partial charge in [-0.3, -0.25) is 9.59 Å². The Kier molecular flexibility index (Phi) is 9.31. The van der Waals surface area contributed by atoms with Gasteiger partial charge in [0.15, 0.2) is 0 Å². The molecule has 0 N–H and O–H groups in total. The maximum atomic E-state index is 13.8. The lowest BCUT2D eigenvalue weighted by Gasteiger charge is -2.40. The minimum absolute atomic E-state index is 0.0372. The van der Waals surface area contributed by atoms with Crippen LogP contribution >= 0.6 is 23.2 Å². The third-order valence-corrected chi connectivity index (χ3v) is 9.73. The van der Waals surface area contributed by atoms with Gasteiger partial charge < -0.3 is 14.7 Å². The highest BCUT2D eigenvalue weighted by Gasteiger charge is 2.45. The molecule has 2 aliphatic heterocycles. The van der Waals surface area contributed by atoms with Crippen molar-refractivity contribution in [2.45, 2.75) is 43.7 Å². The molecule has 0 bridgehead atoms. The van der Waals surface area contributed by atoms with Crippen LogP contribution in [0.5, 0.6) is 0 Å². The van der Waals surface area contributed by atoms with Gasteiger partial charge in [0.25, 0.3) is 5.91 Å². The molecule has 5 rings (SSSR count). The van der Waals surface area contributed by atoms with E-state index in [0.717, 1.165) is 49.8 Å². The maximum absolute atomic E-state index is 13.8. The van der Waals surface area contributed by atoms with Gasteiger partial charge in [-0.05, 0) is 86.4 Å². The van der Waals surface area contributed by atoms with Crippen molar-refractivity contribution in [3.63, 3.8) is 0 Å². The molecule has 1 unspecified atom stereocenters. The Bertz CT molecular complexity index is 1560. The van der Waals surface area contributed by atoms with Crippen LogP contribution in [0.25, 0.3) is 0 Å². The number of piperidine rings is 1. The van der Waals surface area contributed by atoms with Crippen LogP contribution in [0, 0.1) is 5.82 Å². The second-order valence-electron chi connectivity index (χ2n) is 11.8. The number of carbonyl (C=O) groups is 2. The van der Waals surface area contributed by atoms with Crippen LogP contribution in [-0.2, 0) is 16.4 Å². The van der Waals surface area contributed by atoms with E-state index in [4.69, 9.17) is 23.2 Å². The molecular formula is C33H33Cl2F4N3O2. The third kappa shape index (κ3) is 6.60. The standard InChI is InChI=1S/C33H33Cl2F4N3O2/c1-21(43)42-20-32(25-5-3-4-6-30(25)42)12-15-41(16-13-32)14-11-24(22-7-9-27(34)28(35)18-22)19-40(2)31(44)23-8-10-29(36)26(17-23)33(37,38)39/h3-10,17-18,24H,11-16,19-20H2,1-2H3. The van der Waals surface area contributed by atoms with E-state index in [-0.39, 0.29) is 29.3 Å². The van der Waals surface area contributed by atoms with E-state index < -0.39 is 23.5 Å². The molecule has 3 aromatic carbocycles. The van der Waals surface area contributed by atoms with E-state index in [1.54, 1.807) is 19.1 Å². The van der Waals surface area contributed by atoms with Gasteiger partial charge in [0.2, 0.25) is 5.91 Å². The number of anilines is 1. The van der Waals surface area contributed by atoms with Crippen LogP contribution in [0.1, 0.15) is 59.2 Å². The number of para-hydroxylation sites is 1. The zero-order valence-corrected chi connectivity index (χ0v) is 25.9. The summed E-state index contributed by atoms with van der Waals surface area (Å²) in [6, 6.07) is 15.7. The summed E-state index contributed by atoms with van der Waals surface area (Å²) in [7, 11) is 1.52. The number of carbonyl (C=O) groups excluding carboxylic acids is 2. The van der Waals surface area contributed by atoms with Crippen molar-refractivity contribution >= 4 is 40.7 Å². The number of hydrogen-bond acceptors (Lipinski definition) is 3. The van der Waals surface area contributed by atoms with Crippen LogP contribution in [0.2, 0.25) is 10.0 Å². The van der Waals surface area contributed by atoms with Crippen LogP contribution in [0.3, 0.4) is 0 Å². The molecule has 5 nitrogen and oxygen atoms in total. The Labute approximate surface area is 264 Å². The molecule has 1 fully saturated rings.